The van der Waals surface area contributed by atoms with E-state index in [0.717, 1.165) is 6.07 Å². The van der Waals surface area contributed by atoms with Crippen molar-refractivity contribution in [3.8, 4) is 0 Å². The van der Waals surface area contributed by atoms with Gasteiger partial charge in [0, 0.05) is 6.54 Å². The van der Waals surface area contributed by atoms with E-state index >= 15 is 0 Å². The lowest BCUT2D eigenvalue weighted by molar-refractivity contribution is 0.533. The summed E-state index contributed by atoms with van der Waals surface area (Å²) in [6, 6.07) is 5.26. The van der Waals surface area contributed by atoms with Crippen LogP contribution in [-0.4, -0.2) is 21.5 Å². The first-order chi connectivity index (χ1) is 7.47. The largest absolute Gasteiger partial charge is 0.330 e. The highest BCUT2D eigenvalue weighted by Crippen LogP contribution is 2.13. The third-order valence-corrected chi connectivity index (χ3v) is 3.61. The minimum atomic E-state index is -3.78. The average molecular weight is 283 g/mol. The smallest absolute Gasteiger partial charge is 0.243 e. The van der Waals surface area contributed by atoms with Gasteiger partial charge in [0.1, 0.15) is 10.7 Å². The SMILES string of the molecule is CC(CN)CNS(=O)(=O)c1ccccc1F.Cl. The molecule has 0 saturated heterocycles. The van der Waals surface area contributed by atoms with Gasteiger partial charge in [-0.25, -0.2) is 17.5 Å². The summed E-state index contributed by atoms with van der Waals surface area (Å²) in [7, 11) is -3.78. The number of halogens is 2. The molecule has 17 heavy (non-hydrogen) atoms. The van der Waals surface area contributed by atoms with Crippen LogP contribution < -0.4 is 10.5 Å². The van der Waals surface area contributed by atoms with Gasteiger partial charge < -0.3 is 5.73 Å². The first-order valence-corrected chi connectivity index (χ1v) is 6.40. The molecule has 1 rings (SSSR count). The van der Waals surface area contributed by atoms with E-state index < -0.39 is 15.8 Å². The Morgan fingerprint density at radius 1 is 1.41 bits per heavy atom. The zero-order valence-electron chi connectivity index (χ0n) is 9.39. The Labute approximate surface area is 107 Å². The molecule has 1 aromatic carbocycles. The summed E-state index contributed by atoms with van der Waals surface area (Å²) in [5.74, 6) is -0.739. The molecule has 1 aromatic rings. The topological polar surface area (TPSA) is 72.2 Å². The fourth-order valence-corrected chi connectivity index (χ4v) is 2.32. The van der Waals surface area contributed by atoms with E-state index in [2.05, 4.69) is 4.72 Å². The van der Waals surface area contributed by atoms with Gasteiger partial charge in [0.05, 0.1) is 0 Å². The van der Waals surface area contributed by atoms with Gasteiger partial charge in [0.25, 0.3) is 0 Å². The van der Waals surface area contributed by atoms with Gasteiger partial charge in [-0.1, -0.05) is 19.1 Å². The van der Waals surface area contributed by atoms with Crippen molar-refractivity contribution < 1.29 is 12.8 Å². The minimum Gasteiger partial charge on any atom is -0.330 e. The molecule has 0 saturated carbocycles. The van der Waals surface area contributed by atoms with Crippen LogP contribution >= 0.6 is 12.4 Å². The second-order valence-corrected chi connectivity index (χ2v) is 5.36. The molecule has 0 amide bonds. The minimum absolute atomic E-state index is 0. The Bertz CT molecular complexity index is 453. The molecule has 0 aromatic heterocycles. The van der Waals surface area contributed by atoms with Gasteiger partial charge in [-0.2, -0.15) is 0 Å². The quantitative estimate of drug-likeness (QED) is 0.850. The van der Waals surface area contributed by atoms with Crippen LogP contribution in [0.15, 0.2) is 29.2 Å². The number of hydrogen-bond acceptors (Lipinski definition) is 3. The summed E-state index contributed by atoms with van der Waals surface area (Å²) < 4.78 is 38.9. The average Bonchev–Trinajstić information content (AvgIpc) is 2.26. The molecule has 3 N–H and O–H groups in total. The number of nitrogens with two attached hydrogens (primary N) is 1. The summed E-state index contributed by atoms with van der Waals surface area (Å²) in [4.78, 5) is -0.334. The summed E-state index contributed by atoms with van der Waals surface area (Å²) in [6.45, 7) is 2.39. The summed E-state index contributed by atoms with van der Waals surface area (Å²) >= 11 is 0. The maximum absolute atomic E-state index is 13.2. The van der Waals surface area contributed by atoms with E-state index in [4.69, 9.17) is 5.73 Å². The first kappa shape index (κ1) is 16.3. The molecule has 0 aliphatic rings. The number of hydrogen-bond donors (Lipinski definition) is 2. The van der Waals surface area contributed by atoms with Crippen molar-refractivity contribution in [2.24, 2.45) is 11.7 Å². The Balaban J connectivity index is 0.00000256. The maximum atomic E-state index is 13.2. The third-order valence-electron chi connectivity index (χ3n) is 2.15. The Morgan fingerprint density at radius 2 is 2.00 bits per heavy atom. The molecule has 0 radical (unpaired) electrons. The van der Waals surface area contributed by atoms with Gasteiger partial charge in [0.15, 0.2) is 0 Å². The summed E-state index contributed by atoms with van der Waals surface area (Å²) in [6.07, 6.45) is 0. The zero-order chi connectivity index (χ0) is 12.2. The molecule has 1 unspecified atom stereocenters. The molecule has 4 nitrogen and oxygen atoms in total. The van der Waals surface area contributed by atoms with Crippen molar-refractivity contribution in [3.05, 3.63) is 30.1 Å². The Kier molecular flexibility index (Phi) is 6.62. The summed E-state index contributed by atoms with van der Waals surface area (Å²) in [5, 5.41) is 0. The van der Waals surface area contributed by atoms with Crippen molar-refractivity contribution in [3.63, 3.8) is 0 Å². The normalized spacial score (nSPS) is 12.9. The second kappa shape index (κ2) is 6.90. The van der Waals surface area contributed by atoms with Gasteiger partial charge >= 0.3 is 0 Å². The Morgan fingerprint density at radius 3 is 2.53 bits per heavy atom. The van der Waals surface area contributed by atoms with Gasteiger partial charge in [-0.3, -0.25) is 0 Å². The van der Waals surface area contributed by atoms with Crippen molar-refractivity contribution in [1.29, 1.82) is 0 Å². The number of nitrogens with one attached hydrogen (secondary N) is 1. The molecular formula is C10H16ClFN2O2S. The highest BCUT2D eigenvalue weighted by atomic mass is 35.5. The lowest BCUT2D eigenvalue weighted by Crippen LogP contribution is -2.31. The number of benzene rings is 1. The van der Waals surface area contributed by atoms with Crippen molar-refractivity contribution >= 4 is 22.4 Å². The summed E-state index contributed by atoms with van der Waals surface area (Å²) in [5.41, 5.74) is 5.36. The molecule has 7 heteroatoms. The predicted molar refractivity (Wildman–Crippen MR) is 67.1 cm³/mol. The number of sulfonamides is 1. The Hall–Kier alpha value is -0.690. The molecule has 0 aliphatic heterocycles. The monoisotopic (exact) mass is 282 g/mol. The van der Waals surface area contributed by atoms with Gasteiger partial charge in [0.2, 0.25) is 10.0 Å². The molecule has 0 heterocycles. The lowest BCUT2D eigenvalue weighted by Gasteiger charge is -2.11. The molecule has 1 atom stereocenters. The van der Waals surface area contributed by atoms with Crippen LogP contribution in [0.2, 0.25) is 0 Å². The van der Waals surface area contributed by atoms with E-state index in [1.165, 1.54) is 18.2 Å². The van der Waals surface area contributed by atoms with E-state index in [-0.39, 0.29) is 29.8 Å². The predicted octanol–water partition coefficient (Wildman–Crippen LogP) is 1.12. The van der Waals surface area contributed by atoms with Crippen LogP contribution in [0.1, 0.15) is 6.92 Å². The lowest BCUT2D eigenvalue weighted by atomic mass is 10.2. The molecule has 0 aliphatic carbocycles. The molecular weight excluding hydrogens is 267 g/mol. The maximum Gasteiger partial charge on any atom is 0.243 e. The van der Waals surface area contributed by atoms with Crippen LogP contribution in [0.3, 0.4) is 0 Å². The fourth-order valence-electron chi connectivity index (χ4n) is 1.08. The molecule has 0 bridgehead atoms. The van der Waals surface area contributed by atoms with Crippen LogP contribution in [0.25, 0.3) is 0 Å². The molecule has 98 valence electrons. The highest BCUT2D eigenvalue weighted by molar-refractivity contribution is 7.89. The van der Waals surface area contributed by atoms with E-state index in [1.54, 1.807) is 0 Å². The molecule has 0 fully saturated rings. The third kappa shape index (κ3) is 4.59. The van der Waals surface area contributed by atoms with Crippen LogP contribution in [0.4, 0.5) is 4.39 Å². The van der Waals surface area contributed by atoms with Crippen molar-refractivity contribution in [2.75, 3.05) is 13.1 Å². The zero-order valence-corrected chi connectivity index (χ0v) is 11.0. The fraction of sp³-hybridized carbons (Fsp3) is 0.400. The van der Waals surface area contributed by atoms with Gasteiger partial charge in [-0.15, -0.1) is 12.4 Å². The molecule has 0 spiro atoms. The standard InChI is InChI=1S/C10H15FN2O2S.ClH/c1-8(6-12)7-13-16(14,15)10-5-3-2-4-9(10)11;/h2-5,8,13H,6-7,12H2,1H3;1H. The van der Waals surface area contributed by atoms with Crippen LogP contribution in [0.5, 0.6) is 0 Å². The number of rotatable bonds is 5. The van der Waals surface area contributed by atoms with E-state index in [1.807, 2.05) is 6.92 Å². The van der Waals surface area contributed by atoms with Crippen molar-refractivity contribution in [1.82, 2.24) is 4.72 Å². The second-order valence-electron chi connectivity index (χ2n) is 3.62. The highest BCUT2D eigenvalue weighted by Gasteiger charge is 2.18. The first-order valence-electron chi connectivity index (χ1n) is 4.91. The van der Waals surface area contributed by atoms with E-state index in [0.29, 0.717) is 6.54 Å². The van der Waals surface area contributed by atoms with E-state index in [9.17, 15) is 12.8 Å². The van der Waals surface area contributed by atoms with Crippen LogP contribution in [0, 0.1) is 11.7 Å². The van der Waals surface area contributed by atoms with Gasteiger partial charge in [-0.05, 0) is 24.6 Å². The van der Waals surface area contributed by atoms with Crippen molar-refractivity contribution in [2.45, 2.75) is 11.8 Å². The van der Waals surface area contributed by atoms with Crippen LogP contribution in [-0.2, 0) is 10.0 Å².